The van der Waals surface area contributed by atoms with Crippen LogP contribution in [-0.2, 0) is 0 Å². The molecule has 0 radical (unpaired) electrons. The second-order valence-corrected chi connectivity index (χ2v) is 8.06. The lowest BCUT2D eigenvalue weighted by Crippen LogP contribution is -2.21. The Morgan fingerprint density at radius 2 is 1.20 bits per heavy atom. The molecule has 0 heterocycles. The molecular formula is C24H13FO4S. The Hall–Kier alpha value is -3.64. The van der Waals surface area contributed by atoms with Gasteiger partial charge < -0.3 is 10.2 Å². The molecular weight excluding hydrogens is 403 g/mol. The first kappa shape index (κ1) is 18.4. The zero-order valence-electron chi connectivity index (χ0n) is 15.3. The molecule has 0 saturated carbocycles. The standard InChI is InChI=1S/C24H13FO4S/c25-12-5-7-13(8-6-12)30-14-9-10-17-18(11-14)24(29)20-19(23(17)28)21(26)15-3-1-2-4-16(15)22(20)27/h1-11,26-27H. The first-order valence-electron chi connectivity index (χ1n) is 9.09. The number of fused-ring (bicyclic) bond motifs is 3. The minimum absolute atomic E-state index is 0.157. The van der Waals surface area contributed by atoms with Crippen molar-refractivity contribution in [2.24, 2.45) is 0 Å². The van der Waals surface area contributed by atoms with E-state index in [1.54, 1.807) is 48.5 Å². The van der Waals surface area contributed by atoms with Gasteiger partial charge in [0.1, 0.15) is 17.3 Å². The summed E-state index contributed by atoms with van der Waals surface area (Å²) in [5.74, 6) is -2.02. The summed E-state index contributed by atoms with van der Waals surface area (Å²) < 4.78 is 13.1. The van der Waals surface area contributed by atoms with Crippen LogP contribution >= 0.6 is 11.8 Å². The lowest BCUT2D eigenvalue weighted by molar-refractivity contribution is 0.0974. The Labute approximate surface area is 174 Å². The number of carbonyl (C=O) groups is 2. The summed E-state index contributed by atoms with van der Waals surface area (Å²) in [6, 6.07) is 17.3. The van der Waals surface area contributed by atoms with Gasteiger partial charge in [-0.25, -0.2) is 4.39 Å². The molecule has 146 valence electrons. The predicted octanol–water partition coefficient (Wildman–Crippen LogP) is 5.32. The highest BCUT2D eigenvalue weighted by Crippen LogP contribution is 2.44. The van der Waals surface area contributed by atoms with Crippen molar-refractivity contribution in [2.45, 2.75) is 9.79 Å². The number of hydrogen-bond donors (Lipinski definition) is 2. The molecule has 4 aromatic carbocycles. The van der Waals surface area contributed by atoms with E-state index in [2.05, 4.69) is 0 Å². The van der Waals surface area contributed by atoms with Crippen LogP contribution in [0.3, 0.4) is 0 Å². The molecule has 4 nitrogen and oxygen atoms in total. The minimum Gasteiger partial charge on any atom is -0.506 e. The molecule has 0 amide bonds. The Morgan fingerprint density at radius 1 is 0.667 bits per heavy atom. The van der Waals surface area contributed by atoms with Crippen molar-refractivity contribution in [3.05, 3.63) is 94.8 Å². The maximum Gasteiger partial charge on any atom is 0.198 e. The van der Waals surface area contributed by atoms with Gasteiger partial charge in [-0.2, -0.15) is 0 Å². The first-order chi connectivity index (χ1) is 14.5. The molecule has 0 atom stereocenters. The van der Waals surface area contributed by atoms with E-state index < -0.39 is 11.6 Å². The van der Waals surface area contributed by atoms with Crippen LogP contribution in [0.25, 0.3) is 10.8 Å². The maximum atomic E-state index is 13.2. The molecule has 6 heteroatoms. The molecule has 0 bridgehead atoms. The predicted molar refractivity (Wildman–Crippen MR) is 111 cm³/mol. The fourth-order valence-corrected chi connectivity index (χ4v) is 4.58. The molecule has 0 unspecified atom stereocenters. The maximum absolute atomic E-state index is 13.2. The van der Waals surface area contributed by atoms with Gasteiger partial charge in [0.05, 0.1) is 11.1 Å². The number of ketones is 2. The fraction of sp³-hybridized carbons (Fsp3) is 0. The summed E-state index contributed by atoms with van der Waals surface area (Å²) in [6.45, 7) is 0. The zero-order valence-corrected chi connectivity index (χ0v) is 16.2. The van der Waals surface area contributed by atoms with Crippen LogP contribution in [0.5, 0.6) is 11.5 Å². The lowest BCUT2D eigenvalue weighted by atomic mass is 9.81. The smallest absolute Gasteiger partial charge is 0.198 e. The number of rotatable bonds is 2. The number of phenols is 2. The summed E-state index contributed by atoms with van der Waals surface area (Å²) in [4.78, 5) is 27.8. The number of phenolic OH excluding ortho intramolecular Hbond substituents is 2. The SMILES string of the molecule is O=C1c2ccc(Sc3ccc(F)cc3)cc2C(=O)c2c1c(O)c1ccccc1c2O. The van der Waals surface area contributed by atoms with Crippen molar-refractivity contribution in [3.63, 3.8) is 0 Å². The fourth-order valence-electron chi connectivity index (χ4n) is 3.73. The third-order valence-corrected chi connectivity index (χ3v) is 6.14. The van der Waals surface area contributed by atoms with Gasteiger partial charge in [-0.3, -0.25) is 9.59 Å². The molecule has 0 saturated heterocycles. The summed E-state index contributed by atoms with van der Waals surface area (Å²) >= 11 is 1.32. The van der Waals surface area contributed by atoms with Crippen LogP contribution in [0.2, 0.25) is 0 Å². The third kappa shape index (κ3) is 2.69. The van der Waals surface area contributed by atoms with Crippen molar-refractivity contribution >= 4 is 34.1 Å². The summed E-state index contributed by atoms with van der Waals surface area (Å²) in [5.41, 5.74) is -0.0409. The van der Waals surface area contributed by atoms with Gasteiger partial charge in [0.2, 0.25) is 0 Å². The normalized spacial score (nSPS) is 12.7. The van der Waals surface area contributed by atoms with Gasteiger partial charge in [-0.1, -0.05) is 36.0 Å². The summed E-state index contributed by atoms with van der Waals surface area (Å²) in [5, 5.41) is 22.0. The van der Waals surface area contributed by atoms with Gasteiger partial charge in [0.25, 0.3) is 0 Å². The van der Waals surface area contributed by atoms with Crippen LogP contribution in [0.4, 0.5) is 4.39 Å². The quantitative estimate of drug-likeness (QED) is 0.381. The van der Waals surface area contributed by atoms with E-state index in [9.17, 15) is 24.2 Å². The zero-order chi connectivity index (χ0) is 21.0. The van der Waals surface area contributed by atoms with Crippen LogP contribution < -0.4 is 0 Å². The van der Waals surface area contributed by atoms with Gasteiger partial charge >= 0.3 is 0 Å². The van der Waals surface area contributed by atoms with Crippen LogP contribution in [0.1, 0.15) is 31.8 Å². The average molecular weight is 416 g/mol. The van der Waals surface area contributed by atoms with Gasteiger partial charge in [0, 0.05) is 31.7 Å². The van der Waals surface area contributed by atoms with E-state index in [0.717, 1.165) is 4.90 Å². The lowest BCUT2D eigenvalue weighted by Gasteiger charge is -2.21. The van der Waals surface area contributed by atoms with E-state index in [4.69, 9.17) is 0 Å². The molecule has 1 aliphatic rings. The van der Waals surface area contributed by atoms with Crippen LogP contribution in [-0.4, -0.2) is 21.8 Å². The highest BCUT2D eigenvalue weighted by Gasteiger charge is 2.36. The van der Waals surface area contributed by atoms with Crippen LogP contribution in [0, 0.1) is 5.82 Å². The third-order valence-electron chi connectivity index (χ3n) is 5.14. The molecule has 2 N–H and O–H groups in total. The van der Waals surface area contributed by atoms with Crippen molar-refractivity contribution in [2.75, 3.05) is 0 Å². The van der Waals surface area contributed by atoms with E-state index in [0.29, 0.717) is 15.7 Å². The molecule has 5 rings (SSSR count). The summed E-state index contributed by atoms with van der Waals surface area (Å²) in [7, 11) is 0. The molecule has 1 aliphatic carbocycles. The number of halogens is 1. The average Bonchev–Trinajstić information content (AvgIpc) is 2.76. The molecule has 0 fully saturated rings. The number of hydrogen-bond acceptors (Lipinski definition) is 5. The highest BCUT2D eigenvalue weighted by molar-refractivity contribution is 7.99. The molecule has 4 aromatic rings. The Bertz CT molecular complexity index is 1380. The van der Waals surface area contributed by atoms with Crippen LogP contribution in [0.15, 0.2) is 76.5 Å². The van der Waals surface area contributed by atoms with E-state index in [1.165, 1.54) is 30.0 Å². The van der Waals surface area contributed by atoms with E-state index in [-0.39, 0.29) is 39.6 Å². The van der Waals surface area contributed by atoms with Gasteiger partial charge in [-0.15, -0.1) is 0 Å². The van der Waals surface area contributed by atoms with Gasteiger partial charge in [-0.05, 0) is 42.5 Å². The molecule has 0 aromatic heterocycles. The van der Waals surface area contributed by atoms with Crippen molar-refractivity contribution in [1.29, 1.82) is 0 Å². The van der Waals surface area contributed by atoms with Crippen molar-refractivity contribution in [3.8, 4) is 11.5 Å². The molecule has 30 heavy (non-hydrogen) atoms. The monoisotopic (exact) mass is 416 g/mol. The largest absolute Gasteiger partial charge is 0.506 e. The van der Waals surface area contributed by atoms with Gasteiger partial charge in [0.15, 0.2) is 11.6 Å². The number of benzene rings is 4. The Kier molecular flexibility index (Phi) is 4.11. The second kappa shape index (κ2) is 6.71. The minimum atomic E-state index is -0.528. The first-order valence-corrected chi connectivity index (χ1v) is 9.91. The highest BCUT2D eigenvalue weighted by atomic mass is 32.2. The molecule has 0 aliphatic heterocycles. The number of carbonyl (C=O) groups excluding carboxylic acids is 2. The van der Waals surface area contributed by atoms with Crippen molar-refractivity contribution in [1.82, 2.24) is 0 Å². The Morgan fingerprint density at radius 3 is 1.80 bits per heavy atom. The van der Waals surface area contributed by atoms with Crippen molar-refractivity contribution < 1.29 is 24.2 Å². The van der Waals surface area contributed by atoms with E-state index in [1.807, 2.05) is 0 Å². The second-order valence-electron chi connectivity index (χ2n) is 6.91. The Balaban J connectivity index is 1.66. The molecule has 0 spiro atoms. The summed E-state index contributed by atoms with van der Waals surface area (Å²) in [6.07, 6.45) is 0. The topological polar surface area (TPSA) is 74.6 Å². The van der Waals surface area contributed by atoms with E-state index >= 15 is 0 Å². The number of aromatic hydroxyl groups is 2.